The van der Waals surface area contributed by atoms with Crippen molar-refractivity contribution in [1.29, 1.82) is 0 Å². The quantitative estimate of drug-likeness (QED) is 0.486. The summed E-state index contributed by atoms with van der Waals surface area (Å²) in [5.74, 6) is -2.07. The first-order valence-electron chi connectivity index (χ1n) is 6.75. The minimum absolute atomic E-state index is 0.0294. The molecule has 0 unspecified atom stereocenters. The van der Waals surface area contributed by atoms with Crippen molar-refractivity contribution in [3.8, 4) is 11.5 Å². The molecule has 2 atom stereocenters. The monoisotopic (exact) mass is 294 g/mol. The fourth-order valence-electron chi connectivity index (χ4n) is 2.31. The topological polar surface area (TPSA) is 119 Å². The summed E-state index contributed by atoms with van der Waals surface area (Å²) in [6.45, 7) is 0.752. The van der Waals surface area contributed by atoms with E-state index in [1.54, 1.807) is 0 Å². The summed E-state index contributed by atoms with van der Waals surface area (Å²) >= 11 is 0. The normalized spacial score (nSPS) is 19.1. The van der Waals surface area contributed by atoms with E-state index in [0.717, 1.165) is 13.0 Å². The molecular weight excluding hydrogens is 276 g/mol. The highest BCUT2D eigenvalue weighted by atomic mass is 16.4. The summed E-state index contributed by atoms with van der Waals surface area (Å²) in [5, 5.41) is 33.3. The molecule has 7 nitrogen and oxygen atoms in total. The number of carbonyl (C=O) groups excluding carboxylic acids is 1. The molecule has 0 bridgehead atoms. The van der Waals surface area contributed by atoms with Crippen molar-refractivity contribution in [3.63, 3.8) is 0 Å². The van der Waals surface area contributed by atoms with Crippen LogP contribution in [0, 0.1) is 0 Å². The van der Waals surface area contributed by atoms with Gasteiger partial charge in [0.05, 0.1) is 6.04 Å². The fourth-order valence-corrected chi connectivity index (χ4v) is 2.31. The van der Waals surface area contributed by atoms with E-state index in [4.69, 9.17) is 0 Å². The van der Waals surface area contributed by atoms with E-state index in [0.29, 0.717) is 12.0 Å². The Hall–Kier alpha value is -2.28. The highest BCUT2D eigenvalue weighted by Crippen LogP contribution is 2.25. The molecule has 1 fully saturated rings. The molecule has 0 aromatic heterocycles. The van der Waals surface area contributed by atoms with Crippen molar-refractivity contribution in [2.75, 3.05) is 6.54 Å². The van der Waals surface area contributed by atoms with Gasteiger partial charge in [-0.1, -0.05) is 6.07 Å². The van der Waals surface area contributed by atoms with Crippen LogP contribution in [0.15, 0.2) is 18.2 Å². The average molecular weight is 294 g/mol. The first-order valence-corrected chi connectivity index (χ1v) is 6.75. The Balaban J connectivity index is 2.03. The highest BCUT2D eigenvalue weighted by Gasteiger charge is 2.27. The zero-order valence-corrected chi connectivity index (χ0v) is 11.4. The van der Waals surface area contributed by atoms with Gasteiger partial charge in [-0.25, -0.2) is 4.79 Å². The van der Waals surface area contributed by atoms with Crippen LogP contribution in [0.2, 0.25) is 0 Å². The van der Waals surface area contributed by atoms with Crippen LogP contribution in [0.25, 0.3) is 0 Å². The van der Waals surface area contributed by atoms with E-state index in [2.05, 4.69) is 10.6 Å². The second-order valence-electron chi connectivity index (χ2n) is 5.08. The maximum Gasteiger partial charge on any atom is 0.326 e. The Morgan fingerprint density at radius 3 is 2.67 bits per heavy atom. The van der Waals surface area contributed by atoms with Crippen molar-refractivity contribution < 1.29 is 24.9 Å². The van der Waals surface area contributed by atoms with Crippen molar-refractivity contribution in [2.24, 2.45) is 0 Å². The van der Waals surface area contributed by atoms with Gasteiger partial charge < -0.3 is 26.0 Å². The Morgan fingerprint density at radius 1 is 1.33 bits per heavy atom. The predicted octanol–water partition coefficient (Wildman–Crippen LogP) is -0.0383. The molecule has 1 aliphatic heterocycles. The Labute approximate surface area is 121 Å². The zero-order chi connectivity index (χ0) is 15.4. The van der Waals surface area contributed by atoms with Gasteiger partial charge in [-0.3, -0.25) is 4.79 Å². The van der Waals surface area contributed by atoms with Crippen LogP contribution in [0.3, 0.4) is 0 Å². The van der Waals surface area contributed by atoms with Gasteiger partial charge in [0.25, 0.3) is 0 Å². The number of carboxylic acids is 1. The predicted molar refractivity (Wildman–Crippen MR) is 74.1 cm³/mol. The van der Waals surface area contributed by atoms with Crippen LogP contribution in [0.1, 0.15) is 18.4 Å². The number of aliphatic carboxylic acids is 1. The second kappa shape index (κ2) is 6.45. The number of phenolic OH excluding ortho intramolecular Hbond substituents is 2. The third kappa shape index (κ3) is 3.85. The van der Waals surface area contributed by atoms with Crippen LogP contribution in [0.5, 0.6) is 11.5 Å². The van der Waals surface area contributed by atoms with Crippen molar-refractivity contribution in [2.45, 2.75) is 31.3 Å². The van der Waals surface area contributed by atoms with E-state index in [9.17, 15) is 24.9 Å². The van der Waals surface area contributed by atoms with E-state index < -0.39 is 12.0 Å². The second-order valence-corrected chi connectivity index (χ2v) is 5.08. The molecule has 1 aromatic rings. The summed E-state index contributed by atoms with van der Waals surface area (Å²) < 4.78 is 0. The van der Waals surface area contributed by atoms with Gasteiger partial charge in [-0.2, -0.15) is 0 Å². The van der Waals surface area contributed by atoms with Crippen molar-refractivity contribution in [1.82, 2.24) is 10.6 Å². The number of carboxylic acid groups (broad SMARTS) is 1. The lowest BCUT2D eigenvalue weighted by molar-refractivity contribution is -0.142. The lowest BCUT2D eigenvalue weighted by Gasteiger charge is -2.17. The van der Waals surface area contributed by atoms with E-state index >= 15 is 0 Å². The fraction of sp³-hybridized carbons (Fsp3) is 0.429. The highest BCUT2D eigenvalue weighted by molar-refractivity contribution is 5.87. The van der Waals surface area contributed by atoms with E-state index in [1.165, 1.54) is 18.2 Å². The van der Waals surface area contributed by atoms with Crippen LogP contribution in [-0.4, -0.2) is 45.8 Å². The van der Waals surface area contributed by atoms with Gasteiger partial charge in [0.2, 0.25) is 5.91 Å². The third-order valence-corrected chi connectivity index (χ3v) is 3.47. The molecule has 2 rings (SSSR count). The van der Waals surface area contributed by atoms with Gasteiger partial charge in [0.15, 0.2) is 11.5 Å². The van der Waals surface area contributed by atoms with Gasteiger partial charge in [0.1, 0.15) is 6.04 Å². The summed E-state index contributed by atoms with van der Waals surface area (Å²) in [6, 6.07) is 2.64. The Kier molecular flexibility index (Phi) is 4.64. The van der Waals surface area contributed by atoms with Crippen molar-refractivity contribution in [3.05, 3.63) is 23.8 Å². The molecule has 1 heterocycles. The summed E-state index contributed by atoms with van der Waals surface area (Å²) in [7, 11) is 0. The molecule has 114 valence electrons. The number of benzene rings is 1. The smallest absolute Gasteiger partial charge is 0.326 e. The lowest BCUT2D eigenvalue weighted by Crippen LogP contribution is -2.49. The summed E-state index contributed by atoms with van der Waals surface area (Å²) in [5.41, 5.74) is 0.511. The molecule has 21 heavy (non-hydrogen) atoms. The third-order valence-electron chi connectivity index (χ3n) is 3.47. The summed E-state index contributed by atoms with van der Waals surface area (Å²) in [4.78, 5) is 23.2. The van der Waals surface area contributed by atoms with Gasteiger partial charge in [0, 0.05) is 6.42 Å². The number of hydrogen-bond donors (Lipinski definition) is 5. The number of carbonyl (C=O) groups is 2. The van der Waals surface area contributed by atoms with Gasteiger partial charge in [-0.15, -0.1) is 0 Å². The molecule has 1 saturated heterocycles. The lowest BCUT2D eigenvalue weighted by atomic mass is 10.0. The number of phenols is 2. The number of rotatable bonds is 5. The molecule has 1 aliphatic rings. The largest absolute Gasteiger partial charge is 0.504 e. The van der Waals surface area contributed by atoms with Crippen molar-refractivity contribution >= 4 is 11.9 Å². The first kappa shape index (κ1) is 15.1. The number of hydrogen-bond acceptors (Lipinski definition) is 5. The molecule has 0 aliphatic carbocycles. The number of nitrogens with one attached hydrogen (secondary N) is 2. The Bertz CT molecular complexity index is 540. The molecule has 0 spiro atoms. The van der Waals surface area contributed by atoms with Crippen LogP contribution in [-0.2, 0) is 16.0 Å². The standard InChI is InChI=1S/C14H18N2O5/c17-11-4-3-8(7-12(11)18)6-10(14(20)21)16-13(19)9-2-1-5-15-9/h3-4,7,9-10,15,17-18H,1-2,5-6H2,(H,16,19)(H,20,21)/t9-,10+/m1/s1. The molecule has 5 N–H and O–H groups in total. The number of aromatic hydroxyl groups is 2. The van der Waals surface area contributed by atoms with Gasteiger partial charge >= 0.3 is 5.97 Å². The molecule has 0 radical (unpaired) electrons. The Morgan fingerprint density at radius 2 is 2.10 bits per heavy atom. The SMILES string of the molecule is O=C(O)[C@H](Cc1ccc(O)c(O)c1)NC(=O)[C@H]1CCCN1. The number of amides is 1. The first-order chi connectivity index (χ1) is 9.97. The minimum atomic E-state index is -1.14. The van der Waals surface area contributed by atoms with Crippen LogP contribution in [0.4, 0.5) is 0 Å². The maximum absolute atomic E-state index is 11.9. The summed E-state index contributed by atoms with van der Waals surface area (Å²) in [6.07, 6.45) is 1.61. The molecule has 1 amide bonds. The minimum Gasteiger partial charge on any atom is -0.504 e. The van der Waals surface area contributed by atoms with Crippen LogP contribution < -0.4 is 10.6 Å². The average Bonchev–Trinajstić information content (AvgIpc) is 2.96. The maximum atomic E-state index is 11.9. The molecule has 7 heteroatoms. The van der Waals surface area contributed by atoms with Crippen LogP contribution >= 0.6 is 0 Å². The molecular formula is C14H18N2O5. The molecule has 0 saturated carbocycles. The van der Waals surface area contributed by atoms with E-state index in [-0.39, 0.29) is 29.9 Å². The molecule has 1 aromatic carbocycles. The van der Waals surface area contributed by atoms with Gasteiger partial charge in [-0.05, 0) is 37.1 Å². The zero-order valence-electron chi connectivity index (χ0n) is 11.4. The van der Waals surface area contributed by atoms with E-state index in [1.807, 2.05) is 0 Å².